The second-order valence-electron chi connectivity index (χ2n) is 6.06. The Morgan fingerprint density at radius 2 is 1.52 bits per heavy atom. The second-order valence-corrected chi connectivity index (χ2v) is 6.06. The molecule has 0 aliphatic heterocycles. The predicted molar refractivity (Wildman–Crippen MR) is 87.0 cm³/mol. The third-order valence-corrected chi connectivity index (χ3v) is 4.75. The number of rotatable bonds is 1. The smallest absolute Gasteiger partial charge is 0.204 e. The van der Waals surface area contributed by atoms with Gasteiger partial charge in [-0.25, -0.2) is 0 Å². The number of benzene rings is 2. The average molecular weight is 304 g/mol. The minimum atomic E-state index is -1.87. The minimum Gasteiger partial charge on any atom is -0.373 e. The lowest BCUT2D eigenvalue weighted by molar-refractivity contribution is -0.117. The number of hydrogen-bond donors (Lipinski definition) is 1. The Bertz CT molecular complexity index is 863. The van der Waals surface area contributed by atoms with Crippen molar-refractivity contribution in [2.24, 2.45) is 0 Å². The number of carbonyl (C=O) groups is 2. The molecule has 23 heavy (non-hydrogen) atoms. The first kappa shape index (κ1) is 14.1. The molecule has 0 bridgehead atoms. The molecule has 4 rings (SSSR count). The second kappa shape index (κ2) is 5.00. The van der Waals surface area contributed by atoms with Gasteiger partial charge in [-0.3, -0.25) is 9.59 Å². The average Bonchev–Trinajstić information content (AvgIpc) is 2.60. The number of hydrogen-bond acceptors (Lipinski definition) is 3. The molecule has 0 amide bonds. The summed E-state index contributed by atoms with van der Waals surface area (Å²) in [6.07, 6.45) is 3.59. The molecular weight excluding hydrogens is 288 g/mol. The van der Waals surface area contributed by atoms with Crippen molar-refractivity contribution in [1.29, 1.82) is 0 Å². The van der Waals surface area contributed by atoms with Crippen molar-refractivity contribution < 1.29 is 14.7 Å². The Hall–Kier alpha value is -2.52. The topological polar surface area (TPSA) is 54.4 Å². The number of carbonyl (C=O) groups excluding carboxylic acids is 2. The quantitative estimate of drug-likeness (QED) is 0.878. The van der Waals surface area contributed by atoms with Crippen LogP contribution in [0.3, 0.4) is 0 Å². The Morgan fingerprint density at radius 3 is 2.26 bits per heavy atom. The van der Waals surface area contributed by atoms with Gasteiger partial charge in [0.15, 0.2) is 11.4 Å². The normalized spacial score (nSPS) is 23.1. The summed E-state index contributed by atoms with van der Waals surface area (Å²) in [6, 6.07) is 14.5. The molecule has 2 aliphatic carbocycles. The molecule has 0 aromatic heterocycles. The molecule has 0 saturated carbocycles. The highest BCUT2D eigenvalue weighted by atomic mass is 16.3. The fraction of sp³-hybridized carbons (Fsp3) is 0.200. The van der Waals surface area contributed by atoms with Gasteiger partial charge in [-0.1, -0.05) is 54.6 Å². The maximum Gasteiger partial charge on any atom is 0.204 e. The van der Waals surface area contributed by atoms with Crippen LogP contribution in [-0.2, 0) is 10.4 Å². The summed E-state index contributed by atoms with van der Waals surface area (Å²) in [7, 11) is 0. The summed E-state index contributed by atoms with van der Waals surface area (Å²) in [5, 5.41) is 11.4. The fourth-order valence-electron chi connectivity index (χ4n) is 3.64. The van der Waals surface area contributed by atoms with Crippen molar-refractivity contribution in [3.63, 3.8) is 0 Å². The largest absolute Gasteiger partial charge is 0.373 e. The van der Waals surface area contributed by atoms with Gasteiger partial charge in [0.1, 0.15) is 0 Å². The van der Waals surface area contributed by atoms with Crippen molar-refractivity contribution in [2.75, 3.05) is 0 Å². The standard InChI is InChI=1S/C20H16O3/c21-18-12-6-5-11-17(18)20(23)16-10-4-3-8-14(16)13-7-1-2-9-15(13)19(20)22/h1-4,7-11,23H,5-6,12H2. The third kappa shape index (κ3) is 1.87. The van der Waals surface area contributed by atoms with Crippen LogP contribution in [0.1, 0.15) is 35.2 Å². The van der Waals surface area contributed by atoms with Crippen LogP contribution in [0.15, 0.2) is 60.2 Å². The number of allylic oxidation sites excluding steroid dienone is 1. The summed E-state index contributed by atoms with van der Waals surface area (Å²) >= 11 is 0. The molecule has 0 fully saturated rings. The molecule has 0 radical (unpaired) electrons. The SMILES string of the molecule is O=C1CCCC=C1C1(O)C(=O)c2ccccc2-c2ccccc21. The van der Waals surface area contributed by atoms with Crippen molar-refractivity contribution in [3.05, 3.63) is 71.3 Å². The number of Topliss-reactive ketones (excluding diaryl/α,β-unsaturated/α-hetero) is 2. The van der Waals surface area contributed by atoms with Crippen LogP contribution in [0.4, 0.5) is 0 Å². The van der Waals surface area contributed by atoms with E-state index in [1.54, 1.807) is 30.3 Å². The zero-order valence-electron chi connectivity index (χ0n) is 12.6. The molecular formula is C20H16O3. The van der Waals surface area contributed by atoms with Crippen LogP contribution in [-0.4, -0.2) is 16.7 Å². The summed E-state index contributed by atoms with van der Waals surface area (Å²) in [5.74, 6) is -0.547. The minimum absolute atomic E-state index is 0.138. The van der Waals surface area contributed by atoms with E-state index >= 15 is 0 Å². The molecule has 2 aromatic rings. The van der Waals surface area contributed by atoms with Gasteiger partial charge in [0, 0.05) is 23.1 Å². The number of fused-ring (bicyclic) bond motifs is 3. The van der Waals surface area contributed by atoms with Crippen LogP contribution in [0, 0.1) is 0 Å². The predicted octanol–water partition coefficient (Wildman–Crippen LogP) is 3.42. The van der Waals surface area contributed by atoms with Crippen LogP contribution >= 0.6 is 0 Å². The van der Waals surface area contributed by atoms with E-state index in [-0.39, 0.29) is 11.4 Å². The molecule has 2 aliphatic rings. The van der Waals surface area contributed by atoms with Gasteiger partial charge in [0.25, 0.3) is 0 Å². The zero-order chi connectivity index (χ0) is 16.0. The molecule has 3 nitrogen and oxygen atoms in total. The lowest BCUT2D eigenvalue weighted by Gasteiger charge is -2.36. The van der Waals surface area contributed by atoms with E-state index in [2.05, 4.69) is 0 Å². The maximum absolute atomic E-state index is 13.1. The van der Waals surface area contributed by atoms with Crippen LogP contribution in [0.2, 0.25) is 0 Å². The molecule has 114 valence electrons. The molecule has 1 N–H and O–H groups in total. The monoisotopic (exact) mass is 304 g/mol. The van der Waals surface area contributed by atoms with Crippen molar-refractivity contribution in [2.45, 2.75) is 24.9 Å². The Kier molecular flexibility index (Phi) is 3.06. The zero-order valence-corrected chi connectivity index (χ0v) is 12.6. The van der Waals surface area contributed by atoms with Gasteiger partial charge in [0.2, 0.25) is 5.78 Å². The Labute approximate surface area is 134 Å². The van der Waals surface area contributed by atoms with E-state index < -0.39 is 11.4 Å². The first-order chi connectivity index (χ1) is 11.1. The fourth-order valence-corrected chi connectivity index (χ4v) is 3.64. The van der Waals surface area contributed by atoms with E-state index in [9.17, 15) is 14.7 Å². The first-order valence-electron chi connectivity index (χ1n) is 7.84. The van der Waals surface area contributed by atoms with E-state index in [0.29, 0.717) is 24.0 Å². The van der Waals surface area contributed by atoms with Crippen LogP contribution < -0.4 is 0 Å². The van der Waals surface area contributed by atoms with Crippen LogP contribution in [0.25, 0.3) is 11.1 Å². The number of ketones is 2. The Balaban J connectivity index is 2.04. The summed E-state index contributed by atoms with van der Waals surface area (Å²) in [5.41, 5.74) is 0.947. The van der Waals surface area contributed by atoms with Crippen molar-refractivity contribution >= 4 is 11.6 Å². The summed E-state index contributed by atoms with van der Waals surface area (Å²) < 4.78 is 0. The first-order valence-corrected chi connectivity index (χ1v) is 7.84. The maximum atomic E-state index is 13.1. The lowest BCUT2D eigenvalue weighted by atomic mass is 9.69. The van der Waals surface area contributed by atoms with Gasteiger partial charge in [-0.2, -0.15) is 0 Å². The highest BCUT2D eigenvalue weighted by molar-refractivity contribution is 6.18. The molecule has 1 unspecified atom stereocenters. The molecule has 3 heteroatoms. The van der Waals surface area contributed by atoms with Gasteiger partial charge < -0.3 is 5.11 Å². The van der Waals surface area contributed by atoms with Crippen molar-refractivity contribution in [3.8, 4) is 11.1 Å². The summed E-state index contributed by atoms with van der Waals surface area (Å²) in [4.78, 5) is 25.5. The molecule has 0 heterocycles. The van der Waals surface area contributed by atoms with E-state index in [4.69, 9.17) is 0 Å². The van der Waals surface area contributed by atoms with Crippen LogP contribution in [0.5, 0.6) is 0 Å². The van der Waals surface area contributed by atoms with Gasteiger partial charge in [-0.05, 0) is 24.0 Å². The van der Waals surface area contributed by atoms with Crippen molar-refractivity contribution in [1.82, 2.24) is 0 Å². The summed E-state index contributed by atoms with van der Waals surface area (Å²) in [6.45, 7) is 0. The molecule has 2 aromatic carbocycles. The van der Waals surface area contributed by atoms with Gasteiger partial charge >= 0.3 is 0 Å². The van der Waals surface area contributed by atoms with E-state index in [1.165, 1.54) is 0 Å². The Morgan fingerprint density at radius 1 is 0.870 bits per heavy atom. The molecule has 0 saturated heterocycles. The van der Waals surface area contributed by atoms with Gasteiger partial charge in [-0.15, -0.1) is 0 Å². The third-order valence-electron chi connectivity index (χ3n) is 4.75. The van der Waals surface area contributed by atoms with E-state index in [1.807, 2.05) is 24.3 Å². The van der Waals surface area contributed by atoms with E-state index in [0.717, 1.165) is 17.5 Å². The number of aliphatic hydroxyl groups is 1. The van der Waals surface area contributed by atoms with Gasteiger partial charge in [0.05, 0.1) is 0 Å². The molecule has 0 spiro atoms. The highest BCUT2D eigenvalue weighted by Gasteiger charge is 2.49. The highest BCUT2D eigenvalue weighted by Crippen LogP contribution is 2.46. The lowest BCUT2D eigenvalue weighted by Crippen LogP contribution is -2.44. The molecule has 1 atom stereocenters.